The van der Waals surface area contributed by atoms with Gasteiger partial charge >= 0.3 is 12.4 Å². The zero-order chi connectivity index (χ0) is 10.2. The van der Waals surface area contributed by atoms with Gasteiger partial charge in [0.05, 0.1) is 0 Å². The second-order valence-corrected chi connectivity index (χ2v) is 1.66. The van der Waals surface area contributed by atoms with E-state index >= 15 is 0 Å². The fourth-order valence-electron chi connectivity index (χ4n) is 0.259. The molecule has 0 aromatic carbocycles. The Bertz CT molecular complexity index is 174. The molecule has 0 heterocycles. The molecule has 72 valence electrons. The molecule has 0 fully saturated rings. The van der Waals surface area contributed by atoms with Crippen molar-refractivity contribution in [3.05, 3.63) is 11.6 Å². The molecule has 0 aliphatic carbocycles. The van der Waals surface area contributed by atoms with Crippen molar-refractivity contribution in [1.29, 1.82) is 0 Å². The molecule has 0 atom stereocenters. The number of aliphatic hydroxyl groups excluding tert-OH is 1. The highest BCUT2D eigenvalue weighted by atomic mass is 19.4. The summed E-state index contributed by atoms with van der Waals surface area (Å²) in [4.78, 5) is 0. The van der Waals surface area contributed by atoms with Gasteiger partial charge in [0.25, 0.3) is 5.83 Å². The number of hydrogen-bond donors (Lipinski definition) is 1. The molecule has 1 N–H and O–H groups in total. The Balaban J connectivity index is 4.96. The van der Waals surface area contributed by atoms with E-state index in [0.717, 1.165) is 0 Å². The lowest BCUT2D eigenvalue weighted by atomic mass is 10.4. The molecular formula is C4HF7O. The van der Waals surface area contributed by atoms with E-state index in [9.17, 15) is 30.7 Å². The summed E-state index contributed by atoms with van der Waals surface area (Å²) in [7, 11) is 0. The SMILES string of the molecule is O/C(=C(/F)C(F)(F)F)C(F)(F)F. The third kappa shape index (κ3) is 2.59. The van der Waals surface area contributed by atoms with Crippen LogP contribution in [0.1, 0.15) is 0 Å². The summed E-state index contributed by atoms with van der Waals surface area (Å²) < 4.78 is 78.5. The smallest absolute Gasteiger partial charge is 0.451 e. The number of alkyl halides is 6. The molecule has 0 amide bonds. The Morgan fingerprint density at radius 3 is 1.25 bits per heavy atom. The van der Waals surface area contributed by atoms with Gasteiger partial charge < -0.3 is 5.11 Å². The molecule has 0 aliphatic rings. The lowest BCUT2D eigenvalue weighted by molar-refractivity contribution is -0.148. The van der Waals surface area contributed by atoms with Crippen molar-refractivity contribution in [3.8, 4) is 0 Å². The average molecular weight is 198 g/mol. The molecule has 12 heavy (non-hydrogen) atoms. The molecule has 0 radical (unpaired) electrons. The standard InChI is InChI=1S/C4HF7O/c5-1(3(6,7)8)2(12)4(9,10)11/h12H/b2-1+. The summed E-state index contributed by atoms with van der Waals surface area (Å²) in [5.41, 5.74) is 0. The molecule has 0 aliphatic heterocycles. The van der Waals surface area contributed by atoms with Crippen LogP contribution >= 0.6 is 0 Å². The monoisotopic (exact) mass is 198 g/mol. The minimum Gasteiger partial charge on any atom is -0.502 e. The van der Waals surface area contributed by atoms with Crippen LogP contribution in [0.3, 0.4) is 0 Å². The Morgan fingerprint density at radius 1 is 0.833 bits per heavy atom. The van der Waals surface area contributed by atoms with Crippen molar-refractivity contribution in [1.82, 2.24) is 0 Å². The topological polar surface area (TPSA) is 20.2 Å². The van der Waals surface area contributed by atoms with Gasteiger partial charge in [0, 0.05) is 0 Å². The van der Waals surface area contributed by atoms with Crippen LogP contribution in [0, 0.1) is 0 Å². The van der Waals surface area contributed by atoms with Gasteiger partial charge in [-0.25, -0.2) is 0 Å². The summed E-state index contributed by atoms with van der Waals surface area (Å²) >= 11 is 0. The highest BCUT2D eigenvalue weighted by Crippen LogP contribution is 2.35. The first-order valence-electron chi connectivity index (χ1n) is 2.30. The Labute approximate surface area is 61.1 Å². The molecule has 8 heteroatoms. The normalized spacial score (nSPS) is 15.9. The van der Waals surface area contributed by atoms with Gasteiger partial charge in [-0.2, -0.15) is 30.7 Å². The Kier molecular flexibility index (Phi) is 2.61. The number of hydrogen-bond acceptors (Lipinski definition) is 1. The summed E-state index contributed by atoms with van der Waals surface area (Å²) in [6, 6.07) is 0. The molecular weight excluding hydrogens is 197 g/mol. The van der Waals surface area contributed by atoms with E-state index in [1.165, 1.54) is 0 Å². The predicted octanol–water partition coefficient (Wildman–Crippen LogP) is 2.85. The molecule has 0 saturated carbocycles. The van der Waals surface area contributed by atoms with Gasteiger partial charge in [0.1, 0.15) is 0 Å². The van der Waals surface area contributed by atoms with E-state index in [2.05, 4.69) is 0 Å². The highest BCUT2D eigenvalue weighted by molar-refractivity contribution is 5.09. The lowest BCUT2D eigenvalue weighted by Gasteiger charge is -2.08. The first-order valence-corrected chi connectivity index (χ1v) is 2.30. The summed E-state index contributed by atoms with van der Waals surface area (Å²) in [6.45, 7) is 0. The number of allylic oxidation sites excluding steroid dienone is 2. The maximum atomic E-state index is 11.6. The molecule has 0 unspecified atom stereocenters. The van der Waals surface area contributed by atoms with Gasteiger partial charge in [-0.3, -0.25) is 0 Å². The van der Waals surface area contributed by atoms with Gasteiger partial charge in [-0.15, -0.1) is 0 Å². The maximum absolute atomic E-state index is 11.6. The molecule has 0 bridgehead atoms. The lowest BCUT2D eigenvalue weighted by Crippen LogP contribution is -2.19. The van der Waals surface area contributed by atoms with E-state index in [4.69, 9.17) is 5.11 Å². The Hall–Kier alpha value is -0.950. The van der Waals surface area contributed by atoms with Gasteiger partial charge in [-0.05, 0) is 0 Å². The van der Waals surface area contributed by atoms with E-state index in [1.807, 2.05) is 0 Å². The van der Waals surface area contributed by atoms with Gasteiger partial charge in [0.15, 0.2) is 0 Å². The van der Waals surface area contributed by atoms with Crippen LogP contribution < -0.4 is 0 Å². The van der Waals surface area contributed by atoms with Crippen molar-refractivity contribution in [3.63, 3.8) is 0 Å². The van der Waals surface area contributed by atoms with Gasteiger partial charge in [0.2, 0.25) is 5.76 Å². The minimum absolute atomic E-state index is 3.27. The minimum atomic E-state index is -5.82. The second-order valence-electron chi connectivity index (χ2n) is 1.66. The number of aliphatic hydroxyl groups is 1. The maximum Gasteiger partial charge on any atom is 0.451 e. The fourth-order valence-corrected chi connectivity index (χ4v) is 0.259. The molecule has 0 spiro atoms. The molecule has 1 nitrogen and oxygen atoms in total. The van der Waals surface area contributed by atoms with Crippen molar-refractivity contribution in [2.24, 2.45) is 0 Å². The summed E-state index contributed by atoms with van der Waals surface area (Å²) in [5.74, 6) is -6.81. The quantitative estimate of drug-likeness (QED) is 0.468. The molecule has 0 rings (SSSR count). The average Bonchev–Trinajstić information content (AvgIpc) is 1.80. The van der Waals surface area contributed by atoms with Crippen LogP contribution in [-0.2, 0) is 0 Å². The van der Waals surface area contributed by atoms with E-state index in [0.29, 0.717) is 0 Å². The predicted molar refractivity (Wildman–Crippen MR) is 22.9 cm³/mol. The van der Waals surface area contributed by atoms with Crippen LogP contribution in [0.4, 0.5) is 30.7 Å². The Morgan fingerprint density at radius 2 is 1.17 bits per heavy atom. The van der Waals surface area contributed by atoms with Crippen molar-refractivity contribution in [2.75, 3.05) is 0 Å². The van der Waals surface area contributed by atoms with Crippen LogP contribution in [0.25, 0.3) is 0 Å². The fraction of sp³-hybridized carbons (Fsp3) is 0.500. The first-order chi connectivity index (χ1) is 5.07. The summed E-state index contributed by atoms with van der Waals surface area (Å²) in [5, 5.41) is 7.65. The molecule has 0 saturated heterocycles. The number of halogens is 7. The first kappa shape index (κ1) is 11.0. The van der Waals surface area contributed by atoms with E-state index in [1.54, 1.807) is 0 Å². The molecule has 0 aromatic rings. The van der Waals surface area contributed by atoms with E-state index in [-0.39, 0.29) is 0 Å². The zero-order valence-corrected chi connectivity index (χ0v) is 5.09. The number of rotatable bonds is 0. The largest absolute Gasteiger partial charge is 0.502 e. The van der Waals surface area contributed by atoms with Crippen molar-refractivity contribution < 1.29 is 35.8 Å². The van der Waals surface area contributed by atoms with Crippen molar-refractivity contribution in [2.45, 2.75) is 12.4 Å². The highest BCUT2D eigenvalue weighted by Gasteiger charge is 2.47. The van der Waals surface area contributed by atoms with Crippen molar-refractivity contribution >= 4 is 0 Å². The van der Waals surface area contributed by atoms with Crippen LogP contribution in [-0.4, -0.2) is 17.5 Å². The van der Waals surface area contributed by atoms with Gasteiger partial charge in [-0.1, -0.05) is 0 Å². The van der Waals surface area contributed by atoms with Crippen LogP contribution in [0.15, 0.2) is 11.6 Å². The van der Waals surface area contributed by atoms with E-state index < -0.39 is 23.9 Å². The molecule has 0 aromatic heterocycles. The van der Waals surface area contributed by atoms with Crippen LogP contribution in [0.2, 0.25) is 0 Å². The third-order valence-electron chi connectivity index (χ3n) is 0.725. The van der Waals surface area contributed by atoms with Crippen LogP contribution in [0.5, 0.6) is 0 Å². The zero-order valence-electron chi connectivity index (χ0n) is 5.09. The second kappa shape index (κ2) is 2.83. The summed E-state index contributed by atoms with van der Waals surface area (Å²) in [6.07, 6.45) is -11.5. The third-order valence-corrected chi connectivity index (χ3v) is 0.725.